The lowest BCUT2D eigenvalue weighted by Gasteiger charge is -2.29. The Labute approximate surface area is 187 Å². The van der Waals surface area contributed by atoms with Gasteiger partial charge in [-0.25, -0.2) is 9.37 Å². The van der Waals surface area contributed by atoms with Crippen molar-refractivity contribution in [2.24, 2.45) is 23.5 Å². The van der Waals surface area contributed by atoms with E-state index < -0.39 is 5.82 Å². The number of likely N-dealkylation sites (tertiary alicyclic amines) is 1. The van der Waals surface area contributed by atoms with Crippen LogP contribution in [0.25, 0.3) is 0 Å². The number of fused-ring (bicyclic) bond motifs is 2. The van der Waals surface area contributed by atoms with Crippen molar-refractivity contribution in [3.8, 4) is 0 Å². The van der Waals surface area contributed by atoms with Gasteiger partial charge in [-0.3, -0.25) is 4.79 Å². The molecule has 1 aliphatic heterocycles. The minimum atomic E-state index is -0.553. The standard InChI is InChI=1S/C24H29FN6O/c1-31-10-8-15(9-11-31)14-4-6-18(7-5-14)28-24-27-13-19(25)23(30-24)29-21-17-3-2-16(12-17)20(21)22(26)32/h2-7,13,15-17,20-21H,8-12H2,1H3,(H2,26,32)(H2,27,28,29,30)/t16-,17+,20+,21-/m1/s1. The second-order valence-corrected chi connectivity index (χ2v) is 9.26. The quantitative estimate of drug-likeness (QED) is 0.602. The number of benzene rings is 1. The van der Waals surface area contributed by atoms with Crippen LogP contribution in [0.15, 0.2) is 42.6 Å². The second kappa shape index (κ2) is 8.50. The van der Waals surface area contributed by atoms with Crippen LogP contribution in [-0.4, -0.2) is 47.0 Å². The van der Waals surface area contributed by atoms with Crippen molar-refractivity contribution in [1.82, 2.24) is 14.9 Å². The molecule has 1 amide bonds. The SMILES string of the molecule is CN1CCC(c2ccc(Nc3ncc(F)c(N[C@H]4[C@@H](C(N)=O)[C@@H]5C=C[C@H]4C5)n3)cc2)CC1. The molecular formula is C24H29FN6O. The van der Waals surface area contributed by atoms with Gasteiger partial charge in [-0.2, -0.15) is 4.98 Å². The van der Waals surface area contributed by atoms with Gasteiger partial charge in [-0.1, -0.05) is 24.3 Å². The zero-order chi connectivity index (χ0) is 22.2. The zero-order valence-corrected chi connectivity index (χ0v) is 18.2. The van der Waals surface area contributed by atoms with Gasteiger partial charge in [0, 0.05) is 11.7 Å². The fraction of sp³-hybridized carbons (Fsp3) is 0.458. The van der Waals surface area contributed by atoms with Gasteiger partial charge >= 0.3 is 0 Å². The van der Waals surface area contributed by atoms with E-state index in [0.29, 0.717) is 11.9 Å². The average molecular weight is 437 g/mol. The highest BCUT2D eigenvalue weighted by molar-refractivity contribution is 5.79. The van der Waals surface area contributed by atoms with E-state index in [1.165, 1.54) is 18.4 Å². The number of piperidine rings is 1. The normalized spacial score (nSPS) is 27.6. The first-order valence-electron chi connectivity index (χ1n) is 11.3. The first kappa shape index (κ1) is 20.9. The minimum Gasteiger partial charge on any atom is -0.369 e. The van der Waals surface area contributed by atoms with Gasteiger partial charge in [0.2, 0.25) is 11.9 Å². The van der Waals surface area contributed by atoms with Gasteiger partial charge in [-0.15, -0.1) is 0 Å². The number of nitrogens with one attached hydrogen (secondary N) is 2. The predicted molar refractivity (Wildman–Crippen MR) is 122 cm³/mol. The van der Waals surface area contributed by atoms with Crippen molar-refractivity contribution in [1.29, 1.82) is 0 Å². The van der Waals surface area contributed by atoms with Crippen molar-refractivity contribution in [2.75, 3.05) is 30.8 Å². The number of allylic oxidation sites excluding steroid dienone is 1. The van der Waals surface area contributed by atoms with Crippen LogP contribution in [0.4, 0.5) is 21.8 Å². The van der Waals surface area contributed by atoms with Crippen molar-refractivity contribution >= 4 is 23.4 Å². The highest BCUT2D eigenvalue weighted by Gasteiger charge is 2.47. The molecule has 4 atom stereocenters. The Morgan fingerprint density at radius 2 is 1.88 bits per heavy atom. The Hall–Kier alpha value is -3.00. The minimum absolute atomic E-state index is 0.0858. The Morgan fingerprint density at radius 3 is 2.59 bits per heavy atom. The Balaban J connectivity index is 1.28. The van der Waals surface area contributed by atoms with Crippen LogP contribution in [0.1, 0.15) is 30.7 Å². The molecule has 2 heterocycles. The molecule has 32 heavy (non-hydrogen) atoms. The van der Waals surface area contributed by atoms with E-state index in [1.54, 1.807) is 0 Å². The molecule has 0 spiro atoms. The fourth-order valence-corrected chi connectivity index (χ4v) is 5.40. The molecular weight excluding hydrogens is 407 g/mol. The Kier molecular flexibility index (Phi) is 5.55. The number of aromatic nitrogens is 2. The summed E-state index contributed by atoms with van der Waals surface area (Å²) >= 11 is 0. The molecule has 1 aromatic carbocycles. The maximum Gasteiger partial charge on any atom is 0.229 e. The van der Waals surface area contributed by atoms with Gasteiger partial charge in [-0.05, 0) is 74.8 Å². The molecule has 8 heteroatoms. The van der Waals surface area contributed by atoms with Crippen LogP contribution in [0.5, 0.6) is 0 Å². The smallest absolute Gasteiger partial charge is 0.229 e. The molecule has 0 radical (unpaired) electrons. The van der Waals surface area contributed by atoms with E-state index >= 15 is 0 Å². The third-order valence-electron chi connectivity index (χ3n) is 7.19. The van der Waals surface area contributed by atoms with E-state index in [4.69, 9.17) is 5.73 Å². The molecule has 7 nitrogen and oxygen atoms in total. The highest BCUT2D eigenvalue weighted by Crippen LogP contribution is 2.45. The van der Waals surface area contributed by atoms with Crippen LogP contribution in [-0.2, 0) is 4.79 Å². The summed E-state index contributed by atoms with van der Waals surface area (Å²) in [6.07, 6.45) is 8.45. The fourth-order valence-electron chi connectivity index (χ4n) is 5.40. The molecule has 5 rings (SSSR count). The number of hydrogen-bond donors (Lipinski definition) is 3. The number of nitrogens with two attached hydrogens (primary N) is 1. The molecule has 0 unspecified atom stereocenters. The van der Waals surface area contributed by atoms with Crippen LogP contribution in [0.3, 0.4) is 0 Å². The third kappa shape index (κ3) is 4.07. The second-order valence-electron chi connectivity index (χ2n) is 9.26. The average Bonchev–Trinajstić information content (AvgIpc) is 3.39. The number of amides is 1. The Bertz CT molecular complexity index is 1020. The molecule has 2 aromatic rings. The molecule has 2 fully saturated rings. The third-order valence-corrected chi connectivity index (χ3v) is 7.19. The summed E-state index contributed by atoms with van der Waals surface area (Å²) in [6, 6.07) is 8.04. The largest absolute Gasteiger partial charge is 0.369 e. The monoisotopic (exact) mass is 436 g/mol. The molecule has 2 aliphatic carbocycles. The number of carbonyl (C=O) groups excluding carboxylic acids is 1. The molecule has 1 aromatic heterocycles. The summed E-state index contributed by atoms with van der Waals surface area (Å²) in [4.78, 5) is 22.7. The summed E-state index contributed by atoms with van der Waals surface area (Å²) in [6.45, 7) is 2.25. The van der Waals surface area contributed by atoms with Crippen LogP contribution < -0.4 is 16.4 Å². The number of halogens is 1. The summed E-state index contributed by atoms with van der Waals surface area (Å²) in [7, 11) is 2.16. The number of hydrogen-bond acceptors (Lipinski definition) is 6. The number of rotatable bonds is 6. The van der Waals surface area contributed by atoms with Crippen molar-refractivity contribution in [3.05, 3.63) is 54.0 Å². The topological polar surface area (TPSA) is 96.2 Å². The summed E-state index contributed by atoms with van der Waals surface area (Å²) in [5, 5.41) is 6.29. The molecule has 1 saturated carbocycles. The molecule has 4 N–H and O–H groups in total. The molecule has 1 saturated heterocycles. The predicted octanol–water partition coefficient (Wildman–Crippen LogP) is 3.26. The number of primary amides is 1. The van der Waals surface area contributed by atoms with Crippen molar-refractivity contribution in [3.63, 3.8) is 0 Å². The lowest BCUT2D eigenvalue weighted by atomic mass is 9.88. The Morgan fingerprint density at radius 1 is 1.16 bits per heavy atom. The first-order valence-corrected chi connectivity index (χ1v) is 11.3. The lowest BCUT2D eigenvalue weighted by molar-refractivity contribution is -0.122. The molecule has 3 aliphatic rings. The van der Waals surface area contributed by atoms with Gasteiger partial charge < -0.3 is 21.3 Å². The zero-order valence-electron chi connectivity index (χ0n) is 18.2. The highest BCUT2D eigenvalue weighted by atomic mass is 19.1. The van der Waals surface area contributed by atoms with E-state index in [-0.39, 0.29) is 35.5 Å². The van der Waals surface area contributed by atoms with Crippen LogP contribution >= 0.6 is 0 Å². The summed E-state index contributed by atoms with van der Waals surface area (Å²) in [5.74, 6) is -0.0381. The maximum atomic E-state index is 14.5. The van der Waals surface area contributed by atoms with Gasteiger partial charge in [0.25, 0.3) is 0 Å². The van der Waals surface area contributed by atoms with Gasteiger partial charge in [0.1, 0.15) is 0 Å². The lowest BCUT2D eigenvalue weighted by Crippen LogP contribution is -2.41. The van der Waals surface area contributed by atoms with Crippen LogP contribution in [0, 0.1) is 23.6 Å². The number of carbonyl (C=O) groups is 1. The maximum absolute atomic E-state index is 14.5. The van der Waals surface area contributed by atoms with Crippen LogP contribution in [0.2, 0.25) is 0 Å². The van der Waals surface area contributed by atoms with E-state index in [1.807, 2.05) is 18.2 Å². The number of anilines is 3. The summed E-state index contributed by atoms with van der Waals surface area (Å²) in [5.41, 5.74) is 7.80. The van der Waals surface area contributed by atoms with Gasteiger partial charge in [0.15, 0.2) is 11.6 Å². The van der Waals surface area contributed by atoms with E-state index in [2.05, 4.69) is 50.8 Å². The van der Waals surface area contributed by atoms with Crippen molar-refractivity contribution < 1.29 is 9.18 Å². The molecule has 168 valence electrons. The number of nitrogens with zero attached hydrogens (tertiary/aromatic N) is 3. The summed E-state index contributed by atoms with van der Waals surface area (Å²) < 4.78 is 14.5. The van der Waals surface area contributed by atoms with Crippen molar-refractivity contribution in [2.45, 2.75) is 31.2 Å². The molecule has 2 bridgehead atoms. The van der Waals surface area contributed by atoms with E-state index in [0.717, 1.165) is 31.4 Å². The van der Waals surface area contributed by atoms with E-state index in [9.17, 15) is 9.18 Å². The first-order chi connectivity index (χ1) is 15.5. The van der Waals surface area contributed by atoms with Gasteiger partial charge in [0.05, 0.1) is 12.1 Å².